The second-order valence-electron chi connectivity index (χ2n) is 15.1. The van der Waals surface area contributed by atoms with E-state index in [2.05, 4.69) is 68.4 Å². The van der Waals surface area contributed by atoms with Crippen LogP contribution in [-0.4, -0.2) is 11.2 Å². The first kappa shape index (κ1) is 23.4. The van der Waals surface area contributed by atoms with E-state index in [9.17, 15) is 5.11 Å². The van der Waals surface area contributed by atoms with E-state index in [1.807, 2.05) is 5.57 Å². The van der Waals surface area contributed by atoms with E-state index in [0.29, 0.717) is 27.6 Å². The van der Waals surface area contributed by atoms with Gasteiger partial charge < -0.3 is 5.11 Å². The smallest absolute Gasteiger partial charge is 0.0594 e. The highest BCUT2D eigenvalue weighted by Crippen LogP contribution is 2.76. The van der Waals surface area contributed by atoms with Crippen molar-refractivity contribution < 1.29 is 5.11 Å². The molecule has 0 spiro atoms. The Hall–Kier alpha value is -0.300. The Labute approximate surface area is 199 Å². The maximum Gasteiger partial charge on any atom is 0.0594 e. The van der Waals surface area contributed by atoms with Gasteiger partial charge in [-0.25, -0.2) is 0 Å². The van der Waals surface area contributed by atoms with Crippen molar-refractivity contribution >= 4 is 0 Å². The molecule has 4 fully saturated rings. The van der Waals surface area contributed by atoms with Gasteiger partial charge in [0, 0.05) is 0 Å². The number of rotatable bonds is 0. The number of fused-ring (bicyclic) bond motifs is 7. The molecular formula is C31H52O. The summed E-state index contributed by atoms with van der Waals surface area (Å²) in [6.45, 7) is 23.1. The van der Waals surface area contributed by atoms with Gasteiger partial charge in [-0.05, 0) is 114 Å². The molecule has 0 aromatic heterocycles. The van der Waals surface area contributed by atoms with Gasteiger partial charge in [-0.2, -0.15) is 0 Å². The van der Waals surface area contributed by atoms with Crippen molar-refractivity contribution in [2.75, 3.05) is 0 Å². The van der Waals surface area contributed by atoms with Crippen LogP contribution in [0.2, 0.25) is 0 Å². The summed E-state index contributed by atoms with van der Waals surface area (Å²) in [5, 5.41) is 10.9. The van der Waals surface area contributed by atoms with Crippen LogP contribution in [-0.2, 0) is 0 Å². The molecule has 4 saturated carbocycles. The van der Waals surface area contributed by atoms with E-state index in [-0.39, 0.29) is 11.5 Å². The molecule has 32 heavy (non-hydrogen) atoms. The van der Waals surface area contributed by atoms with Crippen molar-refractivity contribution in [2.24, 2.45) is 62.6 Å². The highest BCUT2D eigenvalue weighted by atomic mass is 16.3. The first-order valence-corrected chi connectivity index (χ1v) is 14.1. The van der Waals surface area contributed by atoms with Crippen LogP contribution in [0, 0.1) is 62.6 Å². The Morgan fingerprint density at radius 1 is 0.812 bits per heavy atom. The predicted octanol–water partition coefficient (Wildman–Crippen LogP) is 8.27. The van der Waals surface area contributed by atoms with E-state index in [0.717, 1.165) is 36.0 Å². The zero-order valence-corrected chi connectivity index (χ0v) is 22.7. The Morgan fingerprint density at radius 2 is 1.50 bits per heavy atom. The first-order chi connectivity index (χ1) is 14.7. The highest BCUT2D eigenvalue weighted by molar-refractivity contribution is 5.34. The van der Waals surface area contributed by atoms with E-state index >= 15 is 0 Å². The maximum atomic E-state index is 10.9. The Kier molecular flexibility index (Phi) is 5.05. The van der Waals surface area contributed by atoms with Gasteiger partial charge >= 0.3 is 0 Å². The van der Waals surface area contributed by atoms with Gasteiger partial charge in [0.05, 0.1) is 6.10 Å². The van der Waals surface area contributed by atoms with E-state index in [1.165, 1.54) is 44.9 Å². The molecule has 0 aromatic carbocycles. The molecule has 5 aliphatic rings. The van der Waals surface area contributed by atoms with Gasteiger partial charge in [-0.3, -0.25) is 0 Å². The Bertz CT molecular complexity index is 809. The topological polar surface area (TPSA) is 20.2 Å². The standard InChI is InChI=1S/C31H52O/c1-19-18-20(2)28(6)16-17-30(8)22(26(28)21(19)3)10-11-24-29(7)14-13-25(32)27(4,5)23(29)12-15-31(24,30)9/h10,19-21,23-26,32H,11-18H2,1-9H3/t19?,20-,21?,23?,24?,25?,26?,28?,29?,30?,31?/m0/s1. The van der Waals surface area contributed by atoms with Crippen LogP contribution in [0.1, 0.15) is 114 Å². The lowest BCUT2D eigenvalue weighted by Gasteiger charge is -2.72. The summed E-state index contributed by atoms with van der Waals surface area (Å²) < 4.78 is 0. The van der Waals surface area contributed by atoms with Crippen molar-refractivity contribution in [1.29, 1.82) is 0 Å². The summed E-state index contributed by atoms with van der Waals surface area (Å²) in [6.07, 6.45) is 13.0. The molecule has 0 amide bonds. The minimum absolute atomic E-state index is 0.0487. The molecule has 5 rings (SSSR count). The summed E-state index contributed by atoms with van der Waals surface area (Å²) in [5.41, 5.74) is 3.52. The third kappa shape index (κ3) is 2.62. The average Bonchev–Trinajstić information content (AvgIpc) is 2.71. The lowest BCUT2D eigenvalue weighted by atomic mass is 9.33. The number of aliphatic hydroxyl groups excluding tert-OH is 1. The van der Waals surface area contributed by atoms with Crippen molar-refractivity contribution in [3.8, 4) is 0 Å². The molecular weight excluding hydrogens is 388 g/mol. The first-order valence-electron chi connectivity index (χ1n) is 14.1. The van der Waals surface area contributed by atoms with Crippen molar-refractivity contribution in [1.82, 2.24) is 0 Å². The van der Waals surface area contributed by atoms with Gasteiger partial charge in [0.15, 0.2) is 0 Å². The fourth-order valence-corrected chi connectivity index (χ4v) is 11.3. The molecule has 0 radical (unpaired) electrons. The van der Waals surface area contributed by atoms with Crippen LogP contribution < -0.4 is 0 Å². The molecule has 0 bridgehead atoms. The maximum absolute atomic E-state index is 10.9. The van der Waals surface area contributed by atoms with Gasteiger partial charge in [-0.15, -0.1) is 0 Å². The minimum atomic E-state index is -0.128. The van der Waals surface area contributed by atoms with Crippen molar-refractivity contribution in [3.63, 3.8) is 0 Å². The van der Waals surface area contributed by atoms with Crippen LogP contribution in [0.5, 0.6) is 0 Å². The monoisotopic (exact) mass is 440 g/mol. The quantitative estimate of drug-likeness (QED) is 0.376. The number of hydrogen-bond acceptors (Lipinski definition) is 1. The number of aliphatic hydroxyl groups is 1. The lowest BCUT2D eigenvalue weighted by Crippen LogP contribution is -2.65. The van der Waals surface area contributed by atoms with Gasteiger partial charge in [0.25, 0.3) is 0 Å². The molecule has 0 saturated heterocycles. The molecule has 5 aliphatic carbocycles. The van der Waals surface area contributed by atoms with E-state index < -0.39 is 0 Å². The minimum Gasteiger partial charge on any atom is -0.393 e. The van der Waals surface area contributed by atoms with E-state index in [1.54, 1.807) is 0 Å². The van der Waals surface area contributed by atoms with Crippen molar-refractivity contribution in [2.45, 2.75) is 120 Å². The summed E-state index contributed by atoms with van der Waals surface area (Å²) in [7, 11) is 0. The molecule has 11 atom stereocenters. The fraction of sp³-hybridized carbons (Fsp3) is 0.935. The van der Waals surface area contributed by atoms with Gasteiger partial charge in [0.1, 0.15) is 0 Å². The Balaban J connectivity index is 1.60. The lowest BCUT2D eigenvalue weighted by molar-refractivity contribution is -0.205. The molecule has 10 unspecified atom stereocenters. The van der Waals surface area contributed by atoms with E-state index in [4.69, 9.17) is 0 Å². The summed E-state index contributed by atoms with van der Waals surface area (Å²) in [5.74, 6) is 4.66. The summed E-state index contributed by atoms with van der Waals surface area (Å²) >= 11 is 0. The van der Waals surface area contributed by atoms with Crippen LogP contribution in [0.15, 0.2) is 11.6 Å². The molecule has 1 N–H and O–H groups in total. The van der Waals surface area contributed by atoms with Crippen LogP contribution in [0.4, 0.5) is 0 Å². The highest BCUT2D eigenvalue weighted by Gasteiger charge is 2.68. The molecule has 1 nitrogen and oxygen atoms in total. The Morgan fingerprint density at radius 3 is 2.19 bits per heavy atom. The summed E-state index contributed by atoms with van der Waals surface area (Å²) in [6, 6.07) is 0. The average molecular weight is 441 g/mol. The zero-order chi connectivity index (χ0) is 23.5. The SMILES string of the molecule is CC1C[C@H](C)C2(C)CCC3(C)C(=CCC4C5(C)CCC(O)C(C)(C)C5CCC43C)C2C1C. The second-order valence-corrected chi connectivity index (χ2v) is 15.1. The summed E-state index contributed by atoms with van der Waals surface area (Å²) in [4.78, 5) is 0. The van der Waals surface area contributed by atoms with Gasteiger partial charge in [0.2, 0.25) is 0 Å². The fourth-order valence-electron chi connectivity index (χ4n) is 11.3. The van der Waals surface area contributed by atoms with Crippen LogP contribution in [0.25, 0.3) is 0 Å². The third-order valence-corrected chi connectivity index (χ3v) is 14.0. The largest absolute Gasteiger partial charge is 0.393 e. The predicted molar refractivity (Wildman–Crippen MR) is 135 cm³/mol. The van der Waals surface area contributed by atoms with Gasteiger partial charge in [-0.1, -0.05) is 74.0 Å². The molecule has 0 aromatic rings. The normalized spacial score (nSPS) is 59.2. The molecule has 1 heteroatoms. The molecule has 0 aliphatic heterocycles. The number of hydrogen-bond donors (Lipinski definition) is 1. The van der Waals surface area contributed by atoms with Crippen LogP contribution in [0.3, 0.4) is 0 Å². The van der Waals surface area contributed by atoms with Crippen LogP contribution >= 0.6 is 0 Å². The number of allylic oxidation sites excluding steroid dienone is 2. The molecule has 182 valence electrons. The van der Waals surface area contributed by atoms with Crippen molar-refractivity contribution in [3.05, 3.63) is 11.6 Å². The zero-order valence-electron chi connectivity index (χ0n) is 22.7. The second kappa shape index (κ2) is 6.89. The molecule has 0 heterocycles. The third-order valence-electron chi connectivity index (χ3n) is 14.0.